The third-order valence-corrected chi connectivity index (χ3v) is 7.08. The van der Waals surface area contributed by atoms with Crippen LogP contribution in [0, 0.1) is 0 Å². The summed E-state index contributed by atoms with van der Waals surface area (Å²) in [6, 6.07) is 40.7. The minimum Gasteiger partial charge on any atom is -0.507 e. The summed E-state index contributed by atoms with van der Waals surface area (Å²) in [5.41, 5.74) is 9.52. The highest BCUT2D eigenvalue weighted by atomic mass is 16.3. The predicted molar refractivity (Wildman–Crippen MR) is 160 cm³/mol. The molecule has 0 spiro atoms. The number of para-hydroxylation sites is 2. The van der Waals surface area contributed by atoms with Crippen molar-refractivity contribution in [1.29, 1.82) is 0 Å². The summed E-state index contributed by atoms with van der Waals surface area (Å²) in [4.78, 5) is 14.1. The first-order valence-corrected chi connectivity index (χ1v) is 13.1. The quantitative estimate of drug-likeness (QED) is 0.250. The Morgan fingerprint density at radius 1 is 0.575 bits per heavy atom. The molecule has 0 bridgehead atoms. The molecule has 0 amide bonds. The lowest BCUT2D eigenvalue weighted by Gasteiger charge is -2.10. The predicted octanol–water partition coefficient (Wildman–Crippen LogP) is 8.19. The number of hydrogen-bond donors (Lipinski definition) is 1. The molecular formula is C35H24N4O. The monoisotopic (exact) mass is 516 g/mol. The molecule has 0 aliphatic carbocycles. The lowest BCUT2D eigenvalue weighted by Crippen LogP contribution is -1.97. The summed E-state index contributed by atoms with van der Waals surface area (Å²) in [6.45, 7) is 0. The molecule has 0 saturated carbocycles. The number of pyridine rings is 2. The number of rotatable bonds is 5. The molecule has 0 radical (unpaired) electrons. The fourth-order valence-corrected chi connectivity index (χ4v) is 5.12. The van der Waals surface area contributed by atoms with E-state index >= 15 is 0 Å². The maximum Gasteiger partial charge on any atom is 0.151 e. The van der Waals surface area contributed by atoms with Gasteiger partial charge in [-0.05, 0) is 47.5 Å². The third kappa shape index (κ3) is 4.20. The number of aromatic hydroxyl groups is 1. The topological polar surface area (TPSA) is 63.8 Å². The van der Waals surface area contributed by atoms with E-state index in [1.807, 2.05) is 60.8 Å². The Morgan fingerprint density at radius 3 is 2.10 bits per heavy atom. The highest BCUT2D eigenvalue weighted by Crippen LogP contribution is 2.37. The largest absolute Gasteiger partial charge is 0.507 e. The molecule has 5 nitrogen and oxygen atoms in total. The number of hydrogen-bond acceptors (Lipinski definition) is 4. The Morgan fingerprint density at radius 2 is 1.32 bits per heavy atom. The molecule has 7 rings (SSSR count). The van der Waals surface area contributed by atoms with Crippen molar-refractivity contribution in [2.75, 3.05) is 0 Å². The van der Waals surface area contributed by atoms with Crippen LogP contribution in [0.2, 0.25) is 0 Å². The maximum absolute atomic E-state index is 10.7. The fourth-order valence-electron chi connectivity index (χ4n) is 5.12. The Kier molecular flexibility index (Phi) is 5.87. The van der Waals surface area contributed by atoms with Crippen LogP contribution in [-0.2, 0) is 0 Å². The van der Waals surface area contributed by atoms with Gasteiger partial charge in [-0.2, -0.15) is 0 Å². The average Bonchev–Trinajstić information content (AvgIpc) is 3.42. The van der Waals surface area contributed by atoms with Crippen LogP contribution in [0.25, 0.3) is 61.6 Å². The van der Waals surface area contributed by atoms with Crippen LogP contribution in [0.1, 0.15) is 0 Å². The van der Waals surface area contributed by atoms with Crippen LogP contribution in [0.3, 0.4) is 0 Å². The molecule has 7 aromatic rings. The molecular weight excluding hydrogens is 492 g/mol. The zero-order valence-corrected chi connectivity index (χ0v) is 21.5. The van der Waals surface area contributed by atoms with E-state index in [-0.39, 0.29) is 5.75 Å². The molecule has 1 N–H and O–H groups in total. The SMILES string of the molecule is Oc1ccncc1-c1nc2c(-c3cccc(-c4ccc(-c5ccccc5)cn4)c3)cccc2n1-c1ccccc1. The van der Waals surface area contributed by atoms with E-state index in [1.165, 1.54) is 0 Å². The Balaban J connectivity index is 1.36. The van der Waals surface area contributed by atoms with E-state index in [0.717, 1.165) is 50.2 Å². The van der Waals surface area contributed by atoms with Gasteiger partial charge in [0.1, 0.15) is 5.75 Å². The summed E-state index contributed by atoms with van der Waals surface area (Å²) >= 11 is 0. The molecule has 0 aliphatic heterocycles. The Hall–Kier alpha value is -5.55. The number of nitrogens with zero attached hydrogens (tertiary/aromatic N) is 4. The number of imidazole rings is 1. The van der Waals surface area contributed by atoms with E-state index in [0.29, 0.717) is 11.4 Å². The Labute approximate surface area is 231 Å². The molecule has 40 heavy (non-hydrogen) atoms. The average molecular weight is 517 g/mol. The molecule has 0 fully saturated rings. The van der Waals surface area contributed by atoms with Crippen LogP contribution in [0.15, 0.2) is 140 Å². The minimum absolute atomic E-state index is 0.135. The number of aromatic nitrogens is 4. The number of benzene rings is 4. The van der Waals surface area contributed by atoms with E-state index < -0.39 is 0 Å². The molecule has 3 heterocycles. The van der Waals surface area contributed by atoms with E-state index in [9.17, 15) is 5.11 Å². The van der Waals surface area contributed by atoms with Crippen molar-refractivity contribution >= 4 is 11.0 Å². The smallest absolute Gasteiger partial charge is 0.151 e. The molecule has 0 saturated heterocycles. The van der Waals surface area contributed by atoms with E-state index in [1.54, 1.807) is 18.5 Å². The minimum atomic E-state index is 0.135. The first-order valence-electron chi connectivity index (χ1n) is 13.1. The Bertz CT molecular complexity index is 1950. The molecule has 0 aliphatic rings. The van der Waals surface area contributed by atoms with E-state index in [2.05, 4.69) is 70.2 Å². The van der Waals surface area contributed by atoms with Crippen LogP contribution in [0.4, 0.5) is 0 Å². The van der Waals surface area contributed by atoms with Gasteiger partial charge in [0.2, 0.25) is 0 Å². The van der Waals surface area contributed by atoms with Crippen molar-refractivity contribution < 1.29 is 5.11 Å². The van der Waals surface area contributed by atoms with Gasteiger partial charge in [0.25, 0.3) is 0 Å². The van der Waals surface area contributed by atoms with Crippen molar-refractivity contribution in [2.24, 2.45) is 0 Å². The van der Waals surface area contributed by atoms with Gasteiger partial charge in [-0.1, -0.05) is 84.9 Å². The van der Waals surface area contributed by atoms with Crippen molar-refractivity contribution in [1.82, 2.24) is 19.5 Å². The lowest BCUT2D eigenvalue weighted by atomic mass is 9.99. The zero-order valence-electron chi connectivity index (χ0n) is 21.5. The van der Waals surface area contributed by atoms with Gasteiger partial charge in [-0.3, -0.25) is 14.5 Å². The van der Waals surface area contributed by atoms with Crippen LogP contribution in [-0.4, -0.2) is 24.6 Å². The normalized spacial score (nSPS) is 11.1. The number of fused-ring (bicyclic) bond motifs is 1. The highest BCUT2D eigenvalue weighted by molar-refractivity contribution is 5.96. The second-order valence-electron chi connectivity index (χ2n) is 9.55. The zero-order chi connectivity index (χ0) is 26.9. The van der Waals surface area contributed by atoms with Gasteiger partial charge in [0.05, 0.1) is 22.3 Å². The summed E-state index contributed by atoms with van der Waals surface area (Å²) < 4.78 is 2.07. The first-order chi connectivity index (χ1) is 19.8. The standard InChI is InChI=1S/C35H24N4O/c40-33-19-20-36-23-30(33)35-38-34-29(15-8-16-32(34)39(35)28-13-5-2-6-14-28)25-11-7-12-26(21-25)31-18-17-27(22-37-31)24-9-3-1-4-10-24/h1-23H,(H,36,40). The van der Waals surface area contributed by atoms with Gasteiger partial charge >= 0.3 is 0 Å². The second-order valence-corrected chi connectivity index (χ2v) is 9.55. The molecule has 0 unspecified atom stereocenters. The molecule has 5 heteroatoms. The highest BCUT2D eigenvalue weighted by Gasteiger charge is 2.19. The summed E-state index contributed by atoms with van der Waals surface area (Å²) in [6.07, 6.45) is 5.15. The van der Waals surface area contributed by atoms with Gasteiger partial charge in [-0.25, -0.2) is 4.98 Å². The van der Waals surface area contributed by atoms with Crippen molar-refractivity contribution in [3.05, 3.63) is 140 Å². The second kappa shape index (κ2) is 9.97. The van der Waals surface area contributed by atoms with Crippen molar-refractivity contribution in [2.45, 2.75) is 0 Å². The van der Waals surface area contributed by atoms with Gasteiger partial charge in [0, 0.05) is 41.0 Å². The maximum atomic E-state index is 10.7. The van der Waals surface area contributed by atoms with Crippen LogP contribution < -0.4 is 0 Å². The molecule has 4 aromatic carbocycles. The van der Waals surface area contributed by atoms with Gasteiger partial charge < -0.3 is 5.11 Å². The summed E-state index contributed by atoms with van der Waals surface area (Å²) in [5, 5.41) is 10.7. The lowest BCUT2D eigenvalue weighted by molar-refractivity contribution is 0.476. The van der Waals surface area contributed by atoms with Crippen LogP contribution in [0.5, 0.6) is 5.75 Å². The van der Waals surface area contributed by atoms with Gasteiger partial charge in [-0.15, -0.1) is 0 Å². The van der Waals surface area contributed by atoms with Crippen LogP contribution >= 0.6 is 0 Å². The fraction of sp³-hybridized carbons (Fsp3) is 0. The summed E-state index contributed by atoms with van der Waals surface area (Å²) in [5.74, 6) is 0.768. The van der Waals surface area contributed by atoms with E-state index in [4.69, 9.17) is 9.97 Å². The van der Waals surface area contributed by atoms with Gasteiger partial charge in [0.15, 0.2) is 5.82 Å². The van der Waals surface area contributed by atoms with Crippen molar-refractivity contribution in [3.8, 4) is 56.3 Å². The molecule has 3 aromatic heterocycles. The molecule has 190 valence electrons. The third-order valence-electron chi connectivity index (χ3n) is 7.08. The summed E-state index contributed by atoms with van der Waals surface area (Å²) in [7, 11) is 0. The molecule has 0 atom stereocenters. The van der Waals surface area contributed by atoms with Crippen molar-refractivity contribution in [3.63, 3.8) is 0 Å². The first kappa shape index (κ1) is 23.6.